The van der Waals surface area contributed by atoms with E-state index in [0.29, 0.717) is 24.5 Å². The molecule has 1 aromatic rings. The van der Waals surface area contributed by atoms with Crippen molar-refractivity contribution in [2.45, 2.75) is 19.4 Å². The molecule has 2 N–H and O–H groups in total. The molecule has 1 aromatic heterocycles. The van der Waals surface area contributed by atoms with Gasteiger partial charge in [-0.25, -0.2) is 13.1 Å². The van der Waals surface area contributed by atoms with E-state index in [1.54, 1.807) is 0 Å². The fourth-order valence-electron chi connectivity index (χ4n) is 0.891. The molecule has 9 heteroatoms. The highest BCUT2D eigenvalue weighted by Crippen LogP contribution is 1.97. The maximum absolute atomic E-state index is 11.4. The summed E-state index contributed by atoms with van der Waals surface area (Å²) in [6.45, 7) is 0.0553. The lowest BCUT2D eigenvalue weighted by Gasteiger charge is -2.03. The molecule has 0 aliphatic rings. The van der Waals surface area contributed by atoms with Crippen molar-refractivity contribution in [2.24, 2.45) is 0 Å². The molecule has 0 aliphatic carbocycles. The summed E-state index contributed by atoms with van der Waals surface area (Å²) in [6, 6.07) is 0. The summed E-state index contributed by atoms with van der Waals surface area (Å²) >= 11 is 5.44. The van der Waals surface area contributed by atoms with Crippen molar-refractivity contribution in [3.8, 4) is 0 Å². The predicted octanol–water partition coefficient (Wildman–Crippen LogP) is -0.362. The number of hydrogen-bond donors (Lipinski definition) is 2. The molecule has 0 fully saturated rings. The van der Waals surface area contributed by atoms with Gasteiger partial charge in [-0.15, -0.1) is 21.8 Å². The number of halogens is 1. The number of nitrogens with one attached hydrogen (secondary N) is 2. The van der Waals surface area contributed by atoms with Gasteiger partial charge in [0.1, 0.15) is 0 Å². The quantitative estimate of drug-likeness (QED) is 0.510. The van der Waals surface area contributed by atoms with E-state index in [1.807, 2.05) is 0 Å². The number of rotatable bonds is 7. The maximum Gasteiger partial charge on any atom is 0.212 e. The average Bonchev–Trinajstić information content (AvgIpc) is 2.68. The van der Waals surface area contributed by atoms with Crippen LogP contribution in [-0.4, -0.2) is 40.7 Å². The summed E-state index contributed by atoms with van der Waals surface area (Å²) in [5.74, 6) is 0.855. The first-order valence-electron chi connectivity index (χ1n) is 4.39. The number of tetrazole rings is 1. The minimum absolute atomic E-state index is 0.0553. The second-order valence-corrected chi connectivity index (χ2v) is 5.17. The number of nitrogens with zero attached hydrogens (tertiary/aromatic N) is 3. The van der Waals surface area contributed by atoms with Gasteiger partial charge in [0.2, 0.25) is 10.0 Å². The Balaban J connectivity index is 2.30. The number of aromatic amines is 1. The first kappa shape index (κ1) is 12.3. The van der Waals surface area contributed by atoms with Crippen LogP contribution in [0.5, 0.6) is 0 Å². The average molecular weight is 254 g/mol. The molecule has 86 valence electrons. The molecule has 0 atom stereocenters. The van der Waals surface area contributed by atoms with Gasteiger partial charge in [-0.05, 0) is 12.8 Å². The van der Waals surface area contributed by atoms with Crippen molar-refractivity contribution >= 4 is 21.6 Å². The van der Waals surface area contributed by atoms with Crippen molar-refractivity contribution in [3.63, 3.8) is 0 Å². The van der Waals surface area contributed by atoms with Crippen molar-refractivity contribution < 1.29 is 8.42 Å². The Morgan fingerprint density at radius 1 is 1.40 bits per heavy atom. The van der Waals surface area contributed by atoms with E-state index in [-0.39, 0.29) is 12.3 Å². The molecule has 0 spiro atoms. The molecule has 0 amide bonds. The van der Waals surface area contributed by atoms with Crippen LogP contribution in [0.15, 0.2) is 0 Å². The number of alkyl halides is 1. The Labute approximate surface area is 92.6 Å². The third-order valence-electron chi connectivity index (χ3n) is 1.64. The Morgan fingerprint density at radius 2 is 2.20 bits per heavy atom. The fraction of sp³-hybridized carbons (Fsp3) is 0.833. The number of aromatic nitrogens is 4. The number of sulfonamides is 1. The summed E-state index contributed by atoms with van der Waals surface area (Å²) in [5.41, 5.74) is 0. The monoisotopic (exact) mass is 253 g/mol. The number of H-pyrrole nitrogens is 1. The molecule has 0 bridgehead atoms. The second kappa shape index (κ2) is 5.99. The third-order valence-corrected chi connectivity index (χ3v) is 3.31. The van der Waals surface area contributed by atoms with E-state index in [2.05, 4.69) is 25.3 Å². The summed E-state index contributed by atoms with van der Waals surface area (Å²) in [6.07, 6.45) is 1.23. The highest BCUT2D eigenvalue weighted by atomic mass is 35.5. The van der Waals surface area contributed by atoms with Gasteiger partial charge in [0.25, 0.3) is 0 Å². The topological polar surface area (TPSA) is 101 Å². The maximum atomic E-state index is 11.4. The van der Waals surface area contributed by atoms with Crippen LogP contribution in [0.2, 0.25) is 0 Å². The van der Waals surface area contributed by atoms with Crippen LogP contribution in [0.1, 0.15) is 18.7 Å². The Hall–Kier alpha value is -0.730. The van der Waals surface area contributed by atoms with Crippen LogP contribution in [0, 0.1) is 0 Å². The summed E-state index contributed by atoms with van der Waals surface area (Å²) in [7, 11) is -3.26. The van der Waals surface area contributed by atoms with Gasteiger partial charge in [0.15, 0.2) is 5.82 Å². The van der Waals surface area contributed by atoms with Gasteiger partial charge in [-0.2, -0.15) is 5.21 Å². The molecule has 0 aliphatic heterocycles. The Kier molecular flexibility index (Phi) is 4.92. The SMILES string of the molecule is O=S(=O)(CCCCCl)NCc1nn[nH]n1. The van der Waals surface area contributed by atoms with E-state index in [1.165, 1.54) is 0 Å². The van der Waals surface area contributed by atoms with E-state index in [0.717, 1.165) is 0 Å². The van der Waals surface area contributed by atoms with Crippen LogP contribution < -0.4 is 4.72 Å². The first-order chi connectivity index (χ1) is 7.14. The fourth-order valence-corrected chi connectivity index (χ4v) is 2.16. The smallest absolute Gasteiger partial charge is 0.212 e. The summed E-state index contributed by atoms with van der Waals surface area (Å²) in [4.78, 5) is 0. The van der Waals surface area contributed by atoms with Gasteiger partial charge >= 0.3 is 0 Å². The van der Waals surface area contributed by atoms with Crippen molar-refractivity contribution in [3.05, 3.63) is 5.82 Å². The molecule has 0 radical (unpaired) electrons. The molecule has 15 heavy (non-hydrogen) atoms. The van der Waals surface area contributed by atoms with Crippen LogP contribution in [-0.2, 0) is 16.6 Å². The summed E-state index contributed by atoms with van der Waals surface area (Å²) < 4.78 is 25.1. The van der Waals surface area contributed by atoms with E-state index < -0.39 is 10.0 Å². The van der Waals surface area contributed by atoms with Crippen LogP contribution >= 0.6 is 11.6 Å². The minimum atomic E-state index is -3.26. The minimum Gasteiger partial charge on any atom is -0.212 e. The molecule has 0 saturated carbocycles. The first-order valence-corrected chi connectivity index (χ1v) is 6.58. The van der Waals surface area contributed by atoms with E-state index >= 15 is 0 Å². The Bertz CT molecular complexity index is 365. The van der Waals surface area contributed by atoms with Crippen LogP contribution in [0.3, 0.4) is 0 Å². The lowest BCUT2D eigenvalue weighted by atomic mass is 10.4. The number of unbranched alkanes of at least 4 members (excludes halogenated alkanes) is 1. The van der Waals surface area contributed by atoms with E-state index in [4.69, 9.17) is 11.6 Å². The standard InChI is InChI=1S/C6H12ClN5O2S/c7-3-1-2-4-15(13,14)8-5-6-9-11-12-10-6/h8H,1-5H2,(H,9,10,11,12). The molecule has 1 rings (SSSR count). The molecule has 0 saturated heterocycles. The highest BCUT2D eigenvalue weighted by molar-refractivity contribution is 7.89. The lowest BCUT2D eigenvalue weighted by Crippen LogP contribution is -2.26. The summed E-state index contributed by atoms with van der Waals surface area (Å²) in [5, 5.41) is 12.8. The molecule has 0 aromatic carbocycles. The largest absolute Gasteiger partial charge is 0.212 e. The van der Waals surface area contributed by atoms with Crippen LogP contribution in [0.25, 0.3) is 0 Å². The molecule has 0 unspecified atom stereocenters. The van der Waals surface area contributed by atoms with Crippen LogP contribution in [0.4, 0.5) is 0 Å². The number of hydrogen-bond acceptors (Lipinski definition) is 5. The third kappa shape index (κ3) is 5.05. The van der Waals surface area contributed by atoms with Gasteiger partial charge in [0, 0.05) is 5.88 Å². The molecule has 1 heterocycles. The van der Waals surface area contributed by atoms with Gasteiger partial charge in [-0.3, -0.25) is 0 Å². The van der Waals surface area contributed by atoms with Gasteiger partial charge in [0.05, 0.1) is 12.3 Å². The van der Waals surface area contributed by atoms with Crippen molar-refractivity contribution in [2.75, 3.05) is 11.6 Å². The van der Waals surface area contributed by atoms with Gasteiger partial charge < -0.3 is 0 Å². The Morgan fingerprint density at radius 3 is 2.80 bits per heavy atom. The predicted molar refractivity (Wildman–Crippen MR) is 54.8 cm³/mol. The van der Waals surface area contributed by atoms with Crippen molar-refractivity contribution in [1.82, 2.24) is 25.3 Å². The lowest BCUT2D eigenvalue weighted by molar-refractivity contribution is 0.576. The van der Waals surface area contributed by atoms with E-state index in [9.17, 15) is 8.42 Å². The second-order valence-electron chi connectivity index (χ2n) is 2.86. The normalized spacial score (nSPS) is 11.8. The highest BCUT2D eigenvalue weighted by Gasteiger charge is 2.10. The molecular formula is C6H12ClN5O2S. The van der Waals surface area contributed by atoms with Crippen molar-refractivity contribution in [1.29, 1.82) is 0 Å². The zero-order valence-corrected chi connectivity index (χ0v) is 9.55. The molecular weight excluding hydrogens is 242 g/mol. The zero-order valence-electron chi connectivity index (χ0n) is 7.98. The molecule has 7 nitrogen and oxygen atoms in total. The zero-order chi connectivity index (χ0) is 11.1. The van der Waals surface area contributed by atoms with Gasteiger partial charge in [-0.1, -0.05) is 5.21 Å².